The maximum absolute atomic E-state index is 4.28. The number of anilines is 1. The standard InChI is InChI=1S/C15H17N5S/c1-3-20-8-6-12(11-20)10-19(2)15-18-17-14(21-15)13-5-4-7-16-9-13/h4-9,11H,3,10H2,1-2H3. The van der Waals surface area contributed by atoms with Crippen LogP contribution in [-0.4, -0.2) is 26.8 Å². The zero-order valence-corrected chi connectivity index (χ0v) is 12.9. The van der Waals surface area contributed by atoms with Crippen molar-refractivity contribution < 1.29 is 0 Å². The second-order valence-electron chi connectivity index (χ2n) is 4.84. The Hall–Kier alpha value is -2.21. The Morgan fingerprint density at radius 3 is 2.90 bits per heavy atom. The normalized spacial score (nSPS) is 10.8. The lowest BCUT2D eigenvalue weighted by Crippen LogP contribution is -2.15. The number of aryl methyl sites for hydroxylation is 1. The van der Waals surface area contributed by atoms with Gasteiger partial charge in [-0.15, -0.1) is 10.2 Å². The fourth-order valence-corrected chi connectivity index (χ4v) is 2.89. The molecule has 0 amide bonds. The van der Waals surface area contributed by atoms with E-state index >= 15 is 0 Å². The molecule has 0 saturated heterocycles. The molecule has 0 N–H and O–H groups in total. The van der Waals surface area contributed by atoms with Crippen LogP contribution in [0.2, 0.25) is 0 Å². The van der Waals surface area contributed by atoms with Crippen molar-refractivity contribution >= 4 is 16.5 Å². The molecule has 0 unspecified atom stereocenters. The molecular weight excluding hydrogens is 282 g/mol. The second kappa shape index (κ2) is 6.05. The van der Waals surface area contributed by atoms with Crippen LogP contribution in [0.15, 0.2) is 43.0 Å². The summed E-state index contributed by atoms with van der Waals surface area (Å²) in [5, 5.41) is 10.3. The molecule has 0 aromatic carbocycles. The van der Waals surface area contributed by atoms with Crippen molar-refractivity contribution in [3.63, 3.8) is 0 Å². The minimum Gasteiger partial charge on any atom is -0.354 e. The van der Waals surface area contributed by atoms with Gasteiger partial charge in [-0.05, 0) is 30.7 Å². The van der Waals surface area contributed by atoms with Crippen molar-refractivity contribution in [1.82, 2.24) is 19.7 Å². The molecule has 0 aliphatic rings. The van der Waals surface area contributed by atoms with Crippen LogP contribution in [0, 0.1) is 0 Å². The van der Waals surface area contributed by atoms with Crippen LogP contribution in [0.1, 0.15) is 12.5 Å². The van der Waals surface area contributed by atoms with Gasteiger partial charge in [0, 0.05) is 50.5 Å². The molecule has 5 nitrogen and oxygen atoms in total. The van der Waals surface area contributed by atoms with E-state index in [1.54, 1.807) is 17.5 Å². The summed E-state index contributed by atoms with van der Waals surface area (Å²) < 4.78 is 2.17. The third-order valence-corrected chi connectivity index (χ3v) is 4.33. The summed E-state index contributed by atoms with van der Waals surface area (Å²) in [6.45, 7) is 3.96. The predicted molar refractivity (Wildman–Crippen MR) is 85.4 cm³/mol. The average Bonchev–Trinajstić information content (AvgIpc) is 3.17. The van der Waals surface area contributed by atoms with Crippen molar-refractivity contribution in [3.05, 3.63) is 48.5 Å². The summed E-state index contributed by atoms with van der Waals surface area (Å²) in [5.41, 5.74) is 2.28. The van der Waals surface area contributed by atoms with Gasteiger partial charge < -0.3 is 9.47 Å². The SMILES string of the molecule is CCn1ccc(CN(C)c2nnc(-c3cccnc3)s2)c1. The van der Waals surface area contributed by atoms with Gasteiger partial charge in [0.25, 0.3) is 0 Å². The highest BCUT2D eigenvalue weighted by atomic mass is 32.1. The van der Waals surface area contributed by atoms with Gasteiger partial charge in [0.1, 0.15) is 0 Å². The number of aromatic nitrogens is 4. The van der Waals surface area contributed by atoms with Crippen LogP contribution in [0.4, 0.5) is 5.13 Å². The van der Waals surface area contributed by atoms with Crippen LogP contribution in [0.5, 0.6) is 0 Å². The van der Waals surface area contributed by atoms with E-state index in [1.165, 1.54) is 5.56 Å². The van der Waals surface area contributed by atoms with Gasteiger partial charge in [-0.3, -0.25) is 4.98 Å². The molecule has 3 aromatic heterocycles. The summed E-state index contributed by atoms with van der Waals surface area (Å²) in [4.78, 5) is 6.24. The molecule has 108 valence electrons. The maximum atomic E-state index is 4.28. The van der Waals surface area contributed by atoms with E-state index in [1.807, 2.05) is 25.4 Å². The van der Waals surface area contributed by atoms with Crippen LogP contribution < -0.4 is 4.90 Å². The van der Waals surface area contributed by atoms with E-state index in [0.29, 0.717) is 0 Å². The first-order valence-electron chi connectivity index (χ1n) is 6.86. The summed E-state index contributed by atoms with van der Waals surface area (Å²) in [6, 6.07) is 6.05. The van der Waals surface area contributed by atoms with Gasteiger partial charge in [-0.2, -0.15) is 0 Å². The average molecular weight is 299 g/mol. The highest BCUT2D eigenvalue weighted by Gasteiger charge is 2.11. The first kappa shape index (κ1) is 13.8. The maximum Gasteiger partial charge on any atom is 0.208 e. The summed E-state index contributed by atoms with van der Waals surface area (Å²) in [7, 11) is 2.04. The molecule has 3 rings (SSSR count). The lowest BCUT2D eigenvalue weighted by atomic mass is 10.3. The van der Waals surface area contributed by atoms with Gasteiger partial charge in [-0.1, -0.05) is 11.3 Å². The highest BCUT2D eigenvalue weighted by Crippen LogP contribution is 2.28. The summed E-state index contributed by atoms with van der Waals surface area (Å²) >= 11 is 1.58. The number of pyridine rings is 1. The molecule has 0 spiro atoms. The third kappa shape index (κ3) is 3.11. The fourth-order valence-electron chi connectivity index (χ4n) is 2.10. The van der Waals surface area contributed by atoms with Gasteiger partial charge in [-0.25, -0.2) is 0 Å². The van der Waals surface area contributed by atoms with Gasteiger partial charge in [0.15, 0.2) is 5.01 Å². The van der Waals surface area contributed by atoms with Crippen molar-refractivity contribution in [1.29, 1.82) is 0 Å². The lowest BCUT2D eigenvalue weighted by Gasteiger charge is -2.13. The van der Waals surface area contributed by atoms with Crippen LogP contribution in [0.25, 0.3) is 10.6 Å². The zero-order valence-electron chi connectivity index (χ0n) is 12.1. The molecule has 3 heterocycles. The van der Waals surface area contributed by atoms with Crippen molar-refractivity contribution in [3.8, 4) is 10.6 Å². The molecule has 0 atom stereocenters. The number of nitrogens with zero attached hydrogens (tertiary/aromatic N) is 5. The second-order valence-corrected chi connectivity index (χ2v) is 5.79. The smallest absolute Gasteiger partial charge is 0.208 e. The molecule has 0 aliphatic carbocycles. The predicted octanol–water partition coefficient (Wildman–Crippen LogP) is 3.06. The Morgan fingerprint density at radius 1 is 1.29 bits per heavy atom. The van der Waals surface area contributed by atoms with Crippen molar-refractivity contribution in [2.75, 3.05) is 11.9 Å². The van der Waals surface area contributed by atoms with Crippen LogP contribution in [-0.2, 0) is 13.1 Å². The largest absolute Gasteiger partial charge is 0.354 e. The van der Waals surface area contributed by atoms with E-state index < -0.39 is 0 Å². The molecule has 0 fully saturated rings. The van der Waals surface area contributed by atoms with Crippen LogP contribution in [0.3, 0.4) is 0 Å². The molecule has 0 saturated carbocycles. The van der Waals surface area contributed by atoms with E-state index in [0.717, 1.165) is 28.8 Å². The first-order valence-corrected chi connectivity index (χ1v) is 7.67. The quantitative estimate of drug-likeness (QED) is 0.726. The van der Waals surface area contributed by atoms with Crippen molar-refractivity contribution in [2.24, 2.45) is 0 Å². The minimum absolute atomic E-state index is 0.828. The molecule has 0 radical (unpaired) electrons. The minimum atomic E-state index is 0.828. The molecule has 21 heavy (non-hydrogen) atoms. The number of hydrogen-bond acceptors (Lipinski definition) is 5. The van der Waals surface area contributed by atoms with Gasteiger partial charge in [0.2, 0.25) is 5.13 Å². The first-order chi connectivity index (χ1) is 10.3. The zero-order chi connectivity index (χ0) is 14.7. The lowest BCUT2D eigenvalue weighted by molar-refractivity contribution is 0.763. The number of rotatable bonds is 5. The molecular formula is C15H17N5S. The summed E-state index contributed by atoms with van der Waals surface area (Å²) in [6.07, 6.45) is 7.84. The van der Waals surface area contributed by atoms with E-state index in [2.05, 4.69) is 50.0 Å². The Balaban J connectivity index is 1.73. The topological polar surface area (TPSA) is 46.8 Å². The van der Waals surface area contributed by atoms with Gasteiger partial charge in [0.05, 0.1) is 0 Å². The van der Waals surface area contributed by atoms with E-state index in [4.69, 9.17) is 0 Å². The molecule has 6 heteroatoms. The monoisotopic (exact) mass is 299 g/mol. The van der Waals surface area contributed by atoms with Gasteiger partial charge >= 0.3 is 0 Å². The van der Waals surface area contributed by atoms with Crippen molar-refractivity contribution in [2.45, 2.75) is 20.0 Å². The van der Waals surface area contributed by atoms with Crippen LogP contribution >= 0.6 is 11.3 Å². The highest BCUT2D eigenvalue weighted by molar-refractivity contribution is 7.18. The number of hydrogen-bond donors (Lipinski definition) is 0. The Kier molecular flexibility index (Phi) is 3.96. The Bertz CT molecular complexity index is 704. The summed E-state index contributed by atoms with van der Waals surface area (Å²) in [5.74, 6) is 0. The Morgan fingerprint density at radius 2 is 2.19 bits per heavy atom. The molecule has 3 aromatic rings. The fraction of sp³-hybridized carbons (Fsp3) is 0.267. The Labute approximate surface area is 127 Å². The molecule has 0 bridgehead atoms. The third-order valence-electron chi connectivity index (χ3n) is 3.25. The molecule has 0 aliphatic heterocycles. The van der Waals surface area contributed by atoms with E-state index in [9.17, 15) is 0 Å². The van der Waals surface area contributed by atoms with E-state index in [-0.39, 0.29) is 0 Å².